The molecule has 1 aliphatic heterocycles. The Morgan fingerprint density at radius 2 is 2.09 bits per heavy atom. The standard InChI is InChI=1S/C23H36N8O/c1-18-27-28-22(30(18)3)16-26-23(31-14-7-9-19(17-31)15-21(24)32)25-12-8-13-29(2)20-10-5-4-6-11-20/h4-6,10-11,19H,7-9,12-17H2,1-3H3,(H2,24,32)(H,25,26). The Hall–Kier alpha value is -3.10. The molecule has 1 unspecified atom stereocenters. The number of hydrogen-bond acceptors (Lipinski definition) is 5. The van der Waals surface area contributed by atoms with Gasteiger partial charge in [0.15, 0.2) is 11.8 Å². The number of anilines is 1. The summed E-state index contributed by atoms with van der Waals surface area (Å²) in [6.45, 7) is 5.85. The summed E-state index contributed by atoms with van der Waals surface area (Å²) in [5.41, 5.74) is 6.66. The van der Waals surface area contributed by atoms with Gasteiger partial charge in [0.1, 0.15) is 12.4 Å². The van der Waals surface area contributed by atoms with Gasteiger partial charge in [-0.15, -0.1) is 10.2 Å². The van der Waals surface area contributed by atoms with Crippen LogP contribution in [0.5, 0.6) is 0 Å². The smallest absolute Gasteiger partial charge is 0.217 e. The van der Waals surface area contributed by atoms with E-state index in [1.165, 1.54) is 5.69 Å². The van der Waals surface area contributed by atoms with E-state index in [2.05, 4.69) is 56.6 Å². The number of likely N-dealkylation sites (tertiary alicyclic amines) is 1. The number of nitrogens with two attached hydrogens (primary N) is 1. The minimum absolute atomic E-state index is 0.234. The number of benzene rings is 1. The monoisotopic (exact) mass is 440 g/mol. The number of aliphatic imine (C=N–C) groups is 1. The SMILES string of the molecule is Cc1nnc(CN=C(NCCCN(C)c2ccccc2)N2CCCC(CC(N)=O)C2)n1C. The van der Waals surface area contributed by atoms with Gasteiger partial charge in [0.05, 0.1) is 0 Å². The third-order valence-corrected chi connectivity index (χ3v) is 6.01. The number of nitrogens with one attached hydrogen (secondary N) is 1. The van der Waals surface area contributed by atoms with Crippen molar-refractivity contribution in [3.8, 4) is 0 Å². The van der Waals surface area contributed by atoms with Crippen LogP contribution in [0.3, 0.4) is 0 Å². The summed E-state index contributed by atoms with van der Waals surface area (Å²) in [6.07, 6.45) is 3.45. The maximum atomic E-state index is 11.4. The van der Waals surface area contributed by atoms with Crippen molar-refractivity contribution < 1.29 is 4.79 Å². The van der Waals surface area contributed by atoms with Crippen LogP contribution in [-0.2, 0) is 18.4 Å². The molecule has 0 spiro atoms. The Kier molecular flexibility index (Phi) is 8.47. The molecule has 1 aromatic heterocycles. The minimum atomic E-state index is -0.234. The van der Waals surface area contributed by atoms with E-state index >= 15 is 0 Å². The molecule has 0 saturated carbocycles. The third-order valence-electron chi connectivity index (χ3n) is 6.01. The fourth-order valence-corrected chi connectivity index (χ4v) is 4.04. The minimum Gasteiger partial charge on any atom is -0.375 e. The summed E-state index contributed by atoms with van der Waals surface area (Å²) < 4.78 is 1.96. The van der Waals surface area contributed by atoms with Gasteiger partial charge in [-0.05, 0) is 44.2 Å². The summed E-state index contributed by atoms with van der Waals surface area (Å²) in [4.78, 5) is 20.8. The first-order valence-corrected chi connectivity index (χ1v) is 11.4. The van der Waals surface area contributed by atoms with Gasteiger partial charge in [0.25, 0.3) is 0 Å². The van der Waals surface area contributed by atoms with E-state index in [1.807, 2.05) is 24.6 Å². The number of piperidine rings is 1. The molecule has 1 aromatic carbocycles. The number of aromatic nitrogens is 3. The number of nitrogens with zero attached hydrogens (tertiary/aromatic N) is 6. The van der Waals surface area contributed by atoms with Gasteiger partial charge in [0, 0.05) is 52.4 Å². The molecule has 1 fully saturated rings. The highest BCUT2D eigenvalue weighted by atomic mass is 16.1. The first-order chi connectivity index (χ1) is 15.4. The van der Waals surface area contributed by atoms with Crippen molar-refractivity contribution in [2.24, 2.45) is 23.7 Å². The van der Waals surface area contributed by atoms with Gasteiger partial charge in [-0.1, -0.05) is 18.2 Å². The normalized spacial score (nSPS) is 16.8. The molecule has 0 aliphatic carbocycles. The molecule has 0 radical (unpaired) electrons. The highest BCUT2D eigenvalue weighted by Gasteiger charge is 2.24. The Morgan fingerprint density at radius 1 is 1.31 bits per heavy atom. The van der Waals surface area contributed by atoms with Gasteiger partial charge >= 0.3 is 0 Å². The third kappa shape index (κ3) is 6.70. The predicted molar refractivity (Wildman–Crippen MR) is 127 cm³/mol. The largest absolute Gasteiger partial charge is 0.375 e. The fraction of sp³-hybridized carbons (Fsp3) is 0.565. The Labute approximate surface area is 190 Å². The van der Waals surface area contributed by atoms with Crippen LogP contribution in [0.2, 0.25) is 0 Å². The second kappa shape index (κ2) is 11.5. The van der Waals surface area contributed by atoms with Crippen molar-refractivity contribution in [1.29, 1.82) is 0 Å². The molecule has 1 aliphatic rings. The number of hydrogen-bond donors (Lipinski definition) is 2. The predicted octanol–water partition coefficient (Wildman–Crippen LogP) is 1.68. The molecule has 0 bridgehead atoms. The van der Waals surface area contributed by atoms with E-state index in [1.54, 1.807) is 0 Å². The van der Waals surface area contributed by atoms with Gasteiger partial charge < -0.3 is 25.4 Å². The second-order valence-corrected chi connectivity index (χ2v) is 8.52. The van der Waals surface area contributed by atoms with E-state index in [9.17, 15) is 4.79 Å². The lowest BCUT2D eigenvalue weighted by Gasteiger charge is -2.35. The average Bonchev–Trinajstić information content (AvgIpc) is 3.11. The lowest BCUT2D eigenvalue weighted by atomic mass is 9.95. The van der Waals surface area contributed by atoms with Crippen LogP contribution in [0.15, 0.2) is 35.3 Å². The molecule has 1 saturated heterocycles. The van der Waals surface area contributed by atoms with Crippen molar-refractivity contribution in [2.75, 3.05) is 38.1 Å². The summed E-state index contributed by atoms with van der Waals surface area (Å²) in [7, 11) is 4.07. The molecule has 9 nitrogen and oxygen atoms in total. The molecule has 1 atom stereocenters. The van der Waals surface area contributed by atoms with E-state index in [-0.39, 0.29) is 11.8 Å². The van der Waals surface area contributed by atoms with Crippen LogP contribution in [0.25, 0.3) is 0 Å². The van der Waals surface area contributed by atoms with Crippen LogP contribution in [0, 0.1) is 12.8 Å². The molecule has 3 N–H and O–H groups in total. The van der Waals surface area contributed by atoms with E-state index in [0.717, 1.165) is 63.0 Å². The Balaban J connectivity index is 1.61. The fourth-order valence-electron chi connectivity index (χ4n) is 4.04. The molecule has 2 heterocycles. The maximum Gasteiger partial charge on any atom is 0.217 e. The number of aryl methyl sites for hydroxylation is 1. The maximum absolute atomic E-state index is 11.4. The quantitative estimate of drug-likeness (QED) is 0.349. The molecule has 32 heavy (non-hydrogen) atoms. The zero-order valence-corrected chi connectivity index (χ0v) is 19.5. The molecule has 174 valence electrons. The first-order valence-electron chi connectivity index (χ1n) is 11.4. The number of carbonyl (C=O) groups is 1. The Bertz CT molecular complexity index is 895. The number of amides is 1. The zero-order valence-electron chi connectivity index (χ0n) is 19.5. The van der Waals surface area contributed by atoms with Crippen LogP contribution in [0.1, 0.15) is 37.3 Å². The topological polar surface area (TPSA) is 105 Å². The number of guanidine groups is 1. The summed E-state index contributed by atoms with van der Waals surface area (Å²) in [5.74, 6) is 2.60. The van der Waals surface area contributed by atoms with Gasteiger partial charge in [-0.2, -0.15) is 0 Å². The number of para-hydroxylation sites is 1. The van der Waals surface area contributed by atoms with Crippen molar-refractivity contribution in [1.82, 2.24) is 25.0 Å². The second-order valence-electron chi connectivity index (χ2n) is 8.52. The molecule has 2 aromatic rings. The van der Waals surface area contributed by atoms with E-state index < -0.39 is 0 Å². The number of carbonyl (C=O) groups excluding carboxylic acids is 1. The summed E-state index contributed by atoms with van der Waals surface area (Å²) >= 11 is 0. The van der Waals surface area contributed by atoms with Crippen LogP contribution in [-0.4, -0.2) is 64.8 Å². The highest BCUT2D eigenvalue weighted by Crippen LogP contribution is 2.19. The van der Waals surface area contributed by atoms with Crippen molar-refractivity contribution in [3.05, 3.63) is 42.0 Å². The summed E-state index contributed by atoms with van der Waals surface area (Å²) in [5, 5.41) is 11.9. The van der Waals surface area contributed by atoms with E-state index in [0.29, 0.717) is 13.0 Å². The molecule has 1 amide bonds. The van der Waals surface area contributed by atoms with Gasteiger partial charge in [0.2, 0.25) is 5.91 Å². The molecular formula is C23H36N8O. The lowest BCUT2D eigenvalue weighted by molar-refractivity contribution is -0.119. The highest BCUT2D eigenvalue weighted by molar-refractivity contribution is 5.80. The molecule has 3 rings (SSSR count). The zero-order chi connectivity index (χ0) is 22.9. The number of primary amides is 1. The van der Waals surface area contributed by atoms with Crippen LogP contribution < -0.4 is 16.0 Å². The van der Waals surface area contributed by atoms with Crippen LogP contribution >= 0.6 is 0 Å². The molecule has 9 heteroatoms. The number of rotatable bonds is 9. The van der Waals surface area contributed by atoms with Crippen molar-refractivity contribution >= 4 is 17.6 Å². The van der Waals surface area contributed by atoms with Crippen LogP contribution in [0.4, 0.5) is 5.69 Å². The van der Waals surface area contributed by atoms with Crippen molar-refractivity contribution in [2.45, 2.75) is 39.2 Å². The van der Waals surface area contributed by atoms with Crippen molar-refractivity contribution in [3.63, 3.8) is 0 Å². The first kappa shape index (κ1) is 23.6. The van der Waals surface area contributed by atoms with E-state index in [4.69, 9.17) is 10.7 Å². The average molecular weight is 441 g/mol. The molecular weight excluding hydrogens is 404 g/mol. The Morgan fingerprint density at radius 3 is 2.78 bits per heavy atom. The van der Waals surface area contributed by atoms with Gasteiger partial charge in [-0.3, -0.25) is 4.79 Å². The summed E-state index contributed by atoms with van der Waals surface area (Å²) in [6, 6.07) is 10.4. The van der Waals surface area contributed by atoms with Gasteiger partial charge in [-0.25, -0.2) is 4.99 Å². The lowest BCUT2D eigenvalue weighted by Crippen LogP contribution is -2.47.